The Labute approximate surface area is 120 Å². The van der Waals surface area contributed by atoms with Gasteiger partial charge in [0.2, 0.25) is 0 Å². The second-order valence-corrected chi connectivity index (χ2v) is 5.91. The highest BCUT2D eigenvalue weighted by molar-refractivity contribution is 7.10. The number of hydrogen-bond donors (Lipinski definition) is 2. The van der Waals surface area contributed by atoms with Crippen LogP contribution in [0.2, 0.25) is 10.0 Å². The van der Waals surface area contributed by atoms with Crippen molar-refractivity contribution in [2.45, 2.75) is 25.9 Å². The van der Waals surface area contributed by atoms with Crippen LogP contribution in [0.5, 0.6) is 0 Å². The lowest BCUT2D eigenvalue weighted by atomic mass is 10.1. The molecule has 0 saturated carbocycles. The van der Waals surface area contributed by atoms with E-state index in [2.05, 4.69) is 10.5 Å². The van der Waals surface area contributed by atoms with Gasteiger partial charge in [-0.2, -0.15) is 5.10 Å². The molecule has 0 amide bonds. The topological polar surface area (TPSA) is 55.9 Å². The molecule has 0 saturated heterocycles. The first-order valence-corrected chi connectivity index (χ1v) is 7.11. The van der Waals surface area contributed by atoms with Crippen molar-refractivity contribution in [1.82, 2.24) is 15.2 Å². The normalized spacial score (nSPS) is 13.2. The third kappa shape index (κ3) is 2.41. The first-order chi connectivity index (χ1) is 8.56. The summed E-state index contributed by atoms with van der Waals surface area (Å²) in [6.07, 6.45) is 1.63. The van der Waals surface area contributed by atoms with Gasteiger partial charge in [-0.1, -0.05) is 23.2 Å². The molecule has 0 radical (unpaired) electrons. The van der Waals surface area contributed by atoms with Crippen LogP contribution < -0.4 is 11.3 Å². The fourth-order valence-corrected chi connectivity index (χ4v) is 3.29. The van der Waals surface area contributed by atoms with E-state index in [-0.39, 0.29) is 12.1 Å². The van der Waals surface area contributed by atoms with E-state index in [1.807, 2.05) is 30.0 Å². The molecule has 0 spiro atoms. The predicted molar refractivity (Wildman–Crippen MR) is 76.1 cm³/mol. The van der Waals surface area contributed by atoms with Gasteiger partial charge in [0.25, 0.3) is 0 Å². The van der Waals surface area contributed by atoms with Gasteiger partial charge in [0.1, 0.15) is 0 Å². The summed E-state index contributed by atoms with van der Waals surface area (Å²) in [5.74, 6) is 5.66. The van der Waals surface area contributed by atoms with Crippen LogP contribution in [0.1, 0.15) is 36.5 Å². The fourth-order valence-electron chi connectivity index (χ4n) is 1.82. The zero-order valence-corrected chi connectivity index (χ0v) is 12.4. The molecule has 0 bridgehead atoms. The number of nitrogens with zero attached hydrogens (tertiary/aromatic N) is 2. The van der Waals surface area contributed by atoms with E-state index in [9.17, 15) is 0 Å². The van der Waals surface area contributed by atoms with Gasteiger partial charge in [-0.25, -0.2) is 5.43 Å². The fraction of sp³-hybridized carbons (Fsp3) is 0.364. The summed E-state index contributed by atoms with van der Waals surface area (Å²) in [5.41, 5.74) is 3.60. The maximum atomic E-state index is 6.21. The van der Waals surface area contributed by atoms with Crippen LogP contribution >= 0.6 is 34.5 Å². The standard InChI is InChI=1S/C11H14Cl2N4S/c1-6(2)17-10(8(13)5-15-17)9(16-14)11-7(12)3-4-18-11/h3-6,9,16H,14H2,1-2H3. The van der Waals surface area contributed by atoms with Gasteiger partial charge in [0.15, 0.2) is 0 Å². The molecule has 1 unspecified atom stereocenters. The summed E-state index contributed by atoms with van der Waals surface area (Å²) in [6, 6.07) is 1.78. The number of halogens is 2. The highest BCUT2D eigenvalue weighted by Crippen LogP contribution is 2.36. The zero-order chi connectivity index (χ0) is 13.3. The summed E-state index contributed by atoms with van der Waals surface area (Å²) >= 11 is 13.9. The quantitative estimate of drug-likeness (QED) is 0.672. The summed E-state index contributed by atoms with van der Waals surface area (Å²) in [7, 11) is 0. The molecule has 2 aromatic heterocycles. The van der Waals surface area contributed by atoms with Crippen molar-refractivity contribution in [3.8, 4) is 0 Å². The average molecular weight is 305 g/mol. The van der Waals surface area contributed by atoms with Crippen molar-refractivity contribution in [2.75, 3.05) is 0 Å². The smallest absolute Gasteiger partial charge is 0.1000 e. The van der Waals surface area contributed by atoms with Crippen molar-refractivity contribution in [2.24, 2.45) is 5.84 Å². The van der Waals surface area contributed by atoms with E-state index in [1.165, 1.54) is 11.3 Å². The molecular weight excluding hydrogens is 291 g/mol. The molecule has 4 nitrogen and oxygen atoms in total. The molecule has 18 heavy (non-hydrogen) atoms. The molecule has 7 heteroatoms. The van der Waals surface area contributed by atoms with E-state index >= 15 is 0 Å². The second kappa shape index (κ2) is 5.59. The summed E-state index contributed by atoms with van der Waals surface area (Å²) in [5, 5.41) is 7.45. The monoisotopic (exact) mass is 304 g/mol. The minimum absolute atomic E-state index is 0.196. The van der Waals surface area contributed by atoms with E-state index < -0.39 is 0 Å². The molecule has 98 valence electrons. The number of aromatic nitrogens is 2. The number of rotatable bonds is 4. The molecule has 0 aliphatic rings. The van der Waals surface area contributed by atoms with Crippen molar-refractivity contribution in [3.63, 3.8) is 0 Å². The van der Waals surface area contributed by atoms with Crippen molar-refractivity contribution in [3.05, 3.63) is 38.3 Å². The van der Waals surface area contributed by atoms with Crippen LogP contribution in [0.15, 0.2) is 17.6 Å². The summed E-state index contributed by atoms with van der Waals surface area (Å²) in [4.78, 5) is 0.934. The molecule has 0 aromatic carbocycles. The van der Waals surface area contributed by atoms with Crippen molar-refractivity contribution < 1.29 is 0 Å². The Morgan fingerprint density at radius 3 is 2.61 bits per heavy atom. The van der Waals surface area contributed by atoms with Gasteiger partial charge >= 0.3 is 0 Å². The van der Waals surface area contributed by atoms with Gasteiger partial charge in [-0.15, -0.1) is 11.3 Å². The number of hydrazine groups is 1. The lowest BCUT2D eigenvalue weighted by molar-refractivity contribution is 0.478. The first-order valence-electron chi connectivity index (χ1n) is 5.48. The van der Waals surface area contributed by atoms with Crippen LogP contribution in [0.3, 0.4) is 0 Å². The maximum absolute atomic E-state index is 6.21. The lowest BCUT2D eigenvalue weighted by Gasteiger charge is -2.19. The van der Waals surface area contributed by atoms with Gasteiger partial charge in [0.05, 0.1) is 28.0 Å². The van der Waals surface area contributed by atoms with Crippen LogP contribution in [-0.4, -0.2) is 9.78 Å². The Morgan fingerprint density at radius 2 is 2.11 bits per heavy atom. The second-order valence-electron chi connectivity index (χ2n) is 4.15. The molecule has 0 aliphatic carbocycles. The van der Waals surface area contributed by atoms with Crippen molar-refractivity contribution >= 4 is 34.5 Å². The molecule has 2 heterocycles. The molecule has 0 aliphatic heterocycles. The highest BCUT2D eigenvalue weighted by Gasteiger charge is 2.25. The van der Waals surface area contributed by atoms with Gasteiger partial charge in [-0.3, -0.25) is 10.5 Å². The zero-order valence-electron chi connectivity index (χ0n) is 10.0. The van der Waals surface area contributed by atoms with Crippen molar-refractivity contribution in [1.29, 1.82) is 0 Å². The number of thiophene rings is 1. The van der Waals surface area contributed by atoms with Crippen LogP contribution in [0.4, 0.5) is 0 Å². The third-order valence-electron chi connectivity index (χ3n) is 2.62. The Kier molecular flexibility index (Phi) is 4.29. The highest BCUT2D eigenvalue weighted by atomic mass is 35.5. The van der Waals surface area contributed by atoms with Crippen LogP contribution in [0, 0.1) is 0 Å². The summed E-state index contributed by atoms with van der Waals surface area (Å²) in [6.45, 7) is 4.08. The average Bonchev–Trinajstić information content (AvgIpc) is 2.89. The minimum atomic E-state index is -0.255. The molecule has 3 N–H and O–H groups in total. The SMILES string of the molecule is CC(C)n1ncc(Cl)c1C(NN)c1sccc1Cl. The van der Waals surface area contributed by atoms with Gasteiger partial charge in [-0.05, 0) is 25.3 Å². The number of hydrogen-bond acceptors (Lipinski definition) is 4. The molecule has 2 aromatic rings. The maximum Gasteiger partial charge on any atom is 0.1000 e. The third-order valence-corrected chi connectivity index (χ3v) is 4.34. The minimum Gasteiger partial charge on any atom is -0.270 e. The van der Waals surface area contributed by atoms with Gasteiger partial charge in [0, 0.05) is 10.9 Å². The van der Waals surface area contributed by atoms with E-state index in [0.29, 0.717) is 10.0 Å². The Balaban J connectivity index is 2.52. The molecule has 2 rings (SSSR count). The van der Waals surface area contributed by atoms with E-state index in [1.54, 1.807) is 6.20 Å². The van der Waals surface area contributed by atoms with Crippen LogP contribution in [0.25, 0.3) is 0 Å². The number of nitrogens with one attached hydrogen (secondary N) is 1. The van der Waals surface area contributed by atoms with E-state index in [4.69, 9.17) is 29.0 Å². The molecular formula is C11H14Cl2N4S. The largest absolute Gasteiger partial charge is 0.270 e. The van der Waals surface area contributed by atoms with Gasteiger partial charge < -0.3 is 0 Å². The number of nitrogens with two attached hydrogens (primary N) is 1. The predicted octanol–water partition coefficient (Wildman–Crippen LogP) is 3.39. The molecule has 1 atom stereocenters. The summed E-state index contributed by atoms with van der Waals surface area (Å²) < 4.78 is 1.85. The van der Waals surface area contributed by atoms with Crippen LogP contribution in [-0.2, 0) is 0 Å². The first kappa shape index (κ1) is 13.8. The Bertz CT molecular complexity index is 535. The van der Waals surface area contributed by atoms with E-state index in [0.717, 1.165) is 10.6 Å². The Morgan fingerprint density at radius 1 is 1.39 bits per heavy atom. The molecule has 0 fully saturated rings. The lowest BCUT2D eigenvalue weighted by Crippen LogP contribution is -2.31. The Hall–Kier alpha value is -0.590.